The summed E-state index contributed by atoms with van der Waals surface area (Å²) in [6, 6.07) is 4.12. The first-order valence-electron chi connectivity index (χ1n) is 7.27. The van der Waals surface area contributed by atoms with Crippen LogP contribution in [0.25, 0.3) is 22.0 Å². The summed E-state index contributed by atoms with van der Waals surface area (Å²) in [5.41, 5.74) is 9.30. The molecule has 23 heavy (non-hydrogen) atoms. The van der Waals surface area contributed by atoms with Crippen molar-refractivity contribution in [3.05, 3.63) is 38.4 Å². The first-order valence-corrected chi connectivity index (χ1v) is 8.07. The SMILES string of the molecule is Cc1c(Br)ccc2c3oc(CN=[N+]=N)nc3c(=O)n(C3CC3)c12. The highest BCUT2D eigenvalue weighted by Gasteiger charge is 2.30. The number of halogens is 1. The Kier molecular flexibility index (Phi) is 3.18. The van der Waals surface area contributed by atoms with Gasteiger partial charge in [0, 0.05) is 15.9 Å². The van der Waals surface area contributed by atoms with Crippen molar-refractivity contribution in [2.24, 2.45) is 5.11 Å². The number of fused-ring (bicyclic) bond motifs is 3. The number of hydrogen-bond acceptors (Lipinski definition) is 5. The summed E-state index contributed by atoms with van der Waals surface area (Å²) in [4.78, 5) is 20.1. The molecule has 1 aliphatic rings. The average molecular weight is 375 g/mol. The van der Waals surface area contributed by atoms with E-state index in [-0.39, 0.29) is 18.1 Å². The molecule has 0 bridgehead atoms. The van der Waals surface area contributed by atoms with E-state index < -0.39 is 0 Å². The second-order valence-corrected chi connectivity index (χ2v) is 6.51. The van der Waals surface area contributed by atoms with Gasteiger partial charge in [-0.1, -0.05) is 15.9 Å². The molecule has 4 rings (SSSR count). The van der Waals surface area contributed by atoms with Crippen LogP contribution >= 0.6 is 15.9 Å². The van der Waals surface area contributed by atoms with E-state index in [9.17, 15) is 4.79 Å². The van der Waals surface area contributed by atoms with Crippen molar-refractivity contribution < 1.29 is 4.42 Å². The molecule has 2 heterocycles. The second kappa shape index (κ2) is 5.11. The number of nitrogens with one attached hydrogen (secondary N) is 1. The number of rotatable bonds is 3. The first-order chi connectivity index (χ1) is 11.1. The maximum atomic E-state index is 12.9. The van der Waals surface area contributed by atoms with Gasteiger partial charge in [-0.15, -0.1) is 0 Å². The Balaban J connectivity index is 2.15. The number of aromatic nitrogens is 2. The third kappa shape index (κ3) is 2.14. The summed E-state index contributed by atoms with van der Waals surface area (Å²) in [7, 11) is 0. The second-order valence-electron chi connectivity index (χ2n) is 5.66. The zero-order chi connectivity index (χ0) is 16.1. The lowest BCUT2D eigenvalue weighted by molar-refractivity contribution is 0.528. The normalized spacial score (nSPS) is 14.3. The standard InChI is InChI=1S/C15H13BrN5O2/c1-7-10(16)5-4-9-13(7)21(8-2-3-8)15(22)12-14(9)23-11(19-12)6-18-20-17/h4-5,8,17H,2-3,6H2,1H3/q+1. The van der Waals surface area contributed by atoms with Gasteiger partial charge in [0.25, 0.3) is 5.56 Å². The van der Waals surface area contributed by atoms with Gasteiger partial charge in [-0.3, -0.25) is 4.79 Å². The van der Waals surface area contributed by atoms with Crippen molar-refractivity contribution in [2.75, 3.05) is 0 Å². The molecule has 0 atom stereocenters. The first kappa shape index (κ1) is 14.3. The lowest BCUT2D eigenvalue weighted by atomic mass is 10.1. The van der Waals surface area contributed by atoms with Crippen molar-refractivity contribution in [1.82, 2.24) is 14.5 Å². The molecule has 8 heteroatoms. The minimum atomic E-state index is -0.131. The van der Waals surface area contributed by atoms with E-state index in [4.69, 9.17) is 9.95 Å². The van der Waals surface area contributed by atoms with E-state index in [0.717, 1.165) is 33.8 Å². The Morgan fingerprint density at radius 1 is 1.52 bits per heavy atom. The molecule has 0 unspecified atom stereocenters. The molecule has 1 aromatic carbocycles. The number of nitrogens with zero attached hydrogens (tertiary/aromatic N) is 4. The van der Waals surface area contributed by atoms with E-state index in [1.807, 2.05) is 23.6 Å². The third-order valence-corrected chi connectivity index (χ3v) is 4.99. The van der Waals surface area contributed by atoms with Gasteiger partial charge in [0.15, 0.2) is 17.6 Å². The smallest absolute Gasteiger partial charge is 0.281 e. The Hall–Kier alpha value is -2.31. The largest absolute Gasteiger partial charge is 0.437 e. The molecule has 0 spiro atoms. The summed E-state index contributed by atoms with van der Waals surface area (Å²) in [6.07, 6.45) is 2.01. The number of benzene rings is 1. The zero-order valence-corrected chi connectivity index (χ0v) is 13.9. The molecule has 1 fully saturated rings. The van der Waals surface area contributed by atoms with Crippen LogP contribution in [-0.4, -0.2) is 9.55 Å². The summed E-state index contributed by atoms with van der Waals surface area (Å²) in [5, 5.41) is 4.44. The summed E-state index contributed by atoms with van der Waals surface area (Å²) < 4.78 is 8.54. The highest BCUT2D eigenvalue weighted by molar-refractivity contribution is 9.10. The maximum absolute atomic E-state index is 12.9. The molecular formula is C15H13BrN5O2+. The number of pyridine rings is 1. The Bertz CT molecular complexity index is 1060. The topological polar surface area (TPSA) is 98.3 Å². The Morgan fingerprint density at radius 2 is 2.30 bits per heavy atom. The highest BCUT2D eigenvalue weighted by Crippen LogP contribution is 2.39. The Labute approximate surface area is 138 Å². The summed E-state index contributed by atoms with van der Waals surface area (Å²) >= 11 is 3.54. The van der Waals surface area contributed by atoms with E-state index in [0.29, 0.717) is 17.0 Å². The van der Waals surface area contributed by atoms with Gasteiger partial charge in [-0.2, -0.15) is 0 Å². The van der Waals surface area contributed by atoms with E-state index in [1.54, 1.807) is 0 Å². The highest BCUT2D eigenvalue weighted by atomic mass is 79.9. The fourth-order valence-electron chi connectivity index (χ4n) is 2.92. The van der Waals surface area contributed by atoms with Gasteiger partial charge in [0.1, 0.15) is 10.6 Å². The minimum Gasteiger partial charge on any atom is -0.437 e. The van der Waals surface area contributed by atoms with Crippen LogP contribution in [0.5, 0.6) is 0 Å². The quantitative estimate of drug-likeness (QED) is 0.559. The predicted octanol–water partition coefficient (Wildman–Crippen LogP) is 3.60. The molecule has 0 radical (unpaired) electrons. The van der Waals surface area contributed by atoms with Crippen LogP contribution in [-0.2, 0) is 6.54 Å². The van der Waals surface area contributed by atoms with Gasteiger partial charge < -0.3 is 8.98 Å². The van der Waals surface area contributed by atoms with Crippen LogP contribution < -0.4 is 10.5 Å². The van der Waals surface area contributed by atoms with E-state index in [2.05, 4.69) is 30.9 Å². The van der Waals surface area contributed by atoms with Crippen LogP contribution in [0.2, 0.25) is 0 Å². The van der Waals surface area contributed by atoms with Crippen molar-refractivity contribution in [3.8, 4) is 0 Å². The molecule has 2 aromatic heterocycles. The molecule has 0 saturated heterocycles. The van der Waals surface area contributed by atoms with Crippen molar-refractivity contribution in [3.63, 3.8) is 0 Å². The van der Waals surface area contributed by atoms with Crippen molar-refractivity contribution in [2.45, 2.75) is 32.4 Å². The average Bonchev–Trinajstić information content (AvgIpc) is 3.28. The fraction of sp³-hybridized carbons (Fsp3) is 0.333. The number of hydrogen-bond donors (Lipinski definition) is 1. The lowest BCUT2D eigenvalue weighted by Crippen LogP contribution is -2.20. The van der Waals surface area contributed by atoms with Gasteiger partial charge in [0.2, 0.25) is 10.8 Å². The van der Waals surface area contributed by atoms with Gasteiger partial charge in [0.05, 0.1) is 5.52 Å². The van der Waals surface area contributed by atoms with Crippen LogP contribution in [0.4, 0.5) is 0 Å². The van der Waals surface area contributed by atoms with E-state index >= 15 is 0 Å². The van der Waals surface area contributed by atoms with Gasteiger partial charge in [-0.25, -0.2) is 4.98 Å². The zero-order valence-electron chi connectivity index (χ0n) is 12.3. The summed E-state index contributed by atoms with van der Waals surface area (Å²) in [6.45, 7) is 2.04. The maximum Gasteiger partial charge on any atom is 0.281 e. The molecule has 0 aliphatic heterocycles. The van der Waals surface area contributed by atoms with Crippen LogP contribution in [0.3, 0.4) is 0 Å². The van der Waals surface area contributed by atoms with Crippen molar-refractivity contribution >= 4 is 37.9 Å². The molecule has 1 aliphatic carbocycles. The fourth-order valence-corrected chi connectivity index (χ4v) is 3.24. The predicted molar refractivity (Wildman–Crippen MR) is 87.5 cm³/mol. The molecule has 1 N–H and O–H groups in total. The van der Waals surface area contributed by atoms with Crippen LogP contribution in [0.15, 0.2) is 30.9 Å². The minimum absolute atomic E-state index is 0.0536. The Morgan fingerprint density at radius 3 is 3.00 bits per heavy atom. The summed E-state index contributed by atoms with van der Waals surface area (Å²) in [5.74, 6) is 0.295. The molecule has 1 saturated carbocycles. The number of oxazole rings is 1. The molecule has 0 amide bonds. The molecule has 3 aromatic rings. The molecule has 7 nitrogen and oxygen atoms in total. The monoisotopic (exact) mass is 374 g/mol. The third-order valence-electron chi connectivity index (χ3n) is 4.13. The number of aryl methyl sites for hydroxylation is 1. The van der Waals surface area contributed by atoms with E-state index in [1.165, 1.54) is 0 Å². The van der Waals surface area contributed by atoms with Gasteiger partial charge in [-0.05, 0) is 37.5 Å². The van der Waals surface area contributed by atoms with Gasteiger partial charge >= 0.3 is 0 Å². The van der Waals surface area contributed by atoms with Crippen LogP contribution in [0, 0.1) is 12.5 Å². The lowest BCUT2D eigenvalue weighted by Gasteiger charge is -2.12. The molecular weight excluding hydrogens is 362 g/mol. The van der Waals surface area contributed by atoms with Crippen LogP contribution in [0.1, 0.15) is 30.3 Å². The molecule has 116 valence electrons. The van der Waals surface area contributed by atoms with Crippen molar-refractivity contribution in [1.29, 1.82) is 5.53 Å².